The molecule has 2 rings (SSSR count). The van der Waals surface area contributed by atoms with Crippen LogP contribution in [0.15, 0.2) is 24.3 Å². The fraction of sp³-hybridized carbons (Fsp3) is 0.700. The molecule has 0 bridgehead atoms. The van der Waals surface area contributed by atoms with Crippen molar-refractivity contribution in [2.75, 3.05) is 6.54 Å². The van der Waals surface area contributed by atoms with Crippen molar-refractivity contribution < 1.29 is 0 Å². The summed E-state index contributed by atoms with van der Waals surface area (Å²) in [6.45, 7) is 8.05. The Balaban J connectivity index is 1.82. The van der Waals surface area contributed by atoms with Gasteiger partial charge in [0.05, 0.1) is 0 Å². The van der Waals surface area contributed by atoms with Crippen LogP contribution in [0.4, 0.5) is 0 Å². The van der Waals surface area contributed by atoms with E-state index in [9.17, 15) is 0 Å². The molecule has 0 heterocycles. The molecule has 0 saturated heterocycles. The molecule has 1 unspecified atom stereocenters. The lowest BCUT2D eigenvalue weighted by Crippen LogP contribution is -2.29. The first kappa shape index (κ1) is 16.5. The minimum absolute atomic E-state index is 0.528. The average Bonchev–Trinajstić information content (AvgIpc) is 2.56. The Kier molecular flexibility index (Phi) is 6.76. The van der Waals surface area contributed by atoms with Crippen LogP contribution in [0.3, 0.4) is 0 Å². The van der Waals surface area contributed by atoms with E-state index in [0.717, 1.165) is 18.3 Å². The normalized spacial score (nSPS) is 24.0. The molecular weight excluding hydrogens is 254 g/mol. The molecule has 1 atom stereocenters. The number of rotatable bonds is 7. The van der Waals surface area contributed by atoms with E-state index in [1.54, 1.807) is 0 Å². The summed E-state index contributed by atoms with van der Waals surface area (Å²) < 4.78 is 0. The largest absolute Gasteiger partial charge is 0.310 e. The molecule has 1 aliphatic rings. The second kappa shape index (κ2) is 8.58. The first-order valence-corrected chi connectivity index (χ1v) is 9.08. The van der Waals surface area contributed by atoms with Crippen molar-refractivity contribution in [2.45, 2.75) is 71.8 Å². The molecule has 1 fully saturated rings. The maximum absolute atomic E-state index is 3.83. The summed E-state index contributed by atoms with van der Waals surface area (Å²) in [5.41, 5.74) is 2.89. The Morgan fingerprint density at radius 1 is 0.952 bits per heavy atom. The molecule has 0 aliphatic heterocycles. The maximum atomic E-state index is 3.83. The molecule has 1 N–H and O–H groups in total. The van der Waals surface area contributed by atoms with E-state index in [0.29, 0.717) is 6.04 Å². The zero-order valence-electron chi connectivity index (χ0n) is 14.2. The van der Waals surface area contributed by atoms with Crippen LogP contribution in [0, 0.1) is 11.8 Å². The zero-order valence-corrected chi connectivity index (χ0v) is 14.2. The van der Waals surface area contributed by atoms with Crippen molar-refractivity contribution in [1.82, 2.24) is 5.32 Å². The van der Waals surface area contributed by atoms with E-state index < -0.39 is 0 Å². The van der Waals surface area contributed by atoms with Gasteiger partial charge in [-0.05, 0) is 55.2 Å². The number of hydrogen-bond acceptors (Lipinski definition) is 1. The standard InChI is InChI=1S/C20H33N/c1-4-16-7-9-18(10-8-16)15-21-20(6-3)19-13-11-17(5-2)12-14-19/h11-14,16,18,20-21H,4-10,15H2,1-3H3. The van der Waals surface area contributed by atoms with Gasteiger partial charge in [-0.25, -0.2) is 0 Å². The highest BCUT2D eigenvalue weighted by molar-refractivity contribution is 5.25. The highest BCUT2D eigenvalue weighted by atomic mass is 14.9. The highest BCUT2D eigenvalue weighted by Gasteiger charge is 2.20. The molecule has 1 aromatic carbocycles. The van der Waals surface area contributed by atoms with Crippen molar-refractivity contribution >= 4 is 0 Å². The molecule has 118 valence electrons. The fourth-order valence-corrected chi connectivity index (χ4v) is 3.64. The monoisotopic (exact) mass is 287 g/mol. The van der Waals surface area contributed by atoms with Crippen molar-refractivity contribution in [3.05, 3.63) is 35.4 Å². The van der Waals surface area contributed by atoms with Gasteiger partial charge in [-0.2, -0.15) is 0 Å². The van der Waals surface area contributed by atoms with E-state index in [1.807, 2.05) is 0 Å². The van der Waals surface area contributed by atoms with Crippen LogP contribution >= 0.6 is 0 Å². The van der Waals surface area contributed by atoms with Gasteiger partial charge in [0.15, 0.2) is 0 Å². The van der Waals surface area contributed by atoms with Crippen LogP contribution in [0.1, 0.15) is 76.5 Å². The van der Waals surface area contributed by atoms with Gasteiger partial charge in [-0.15, -0.1) is 0 Å². The van der Waals surface area contributed by atoms with Gasteiger partial charge in [-0.3, -0.25) is 0 Å². The minimum Gasteiger partial charge on any atom is -0.310 e. The summed E-state index contributed by atoms with van der Waals surface area (Å²) in [6.07, 6.45) is 9.44. The van der Waals surface area contributed by atoms with Crippen LogP contribution in [0.25, 0.3) is 0 Å². The van der Waals surface area contributed by atoms with Gasteiger partial charge in [-0.1, -0.05) is 64.3 Å². The van der Waals surface area contributed by atoms with E-state index >= 15 is 0 Å². The third kappa shape index (κ3) is 4.85. The lowest BCUT2D eigenvalue weighted by molar-refractivity contribution is 0.256. The van der Waals surface area contributed by atoms with E-state index in [2.05, 4.69) is 50.4 Å². The van der Waals surface area contributed by atoms with Crippen LogP contribution in [-0.4, -0.2) is 6.54 Å². The molecule has 0 aromatic heterocycles. The molecule has 0 amide bonds. The number of hydrogen-bond donors (Lipinski definition) is 1. The van der Waals surface area contributed by atoms with Crippen molar-refractivity contribution in [3.8, 4) is 0 Å². The van der Waals surface area contributed by atoms with Crippen LogP contribution in [0.2, 0.25) is 0 Å². The summed E-state index contributed by atoms with van der Waals surface area (Å²) in [6, 6.07) is 9.72. The topological polar surface area (TPSA) is 12.0 Å². The van der Waals surface area contributed by atoms with Crippen molar-refractivity contribution in [2.24, 2.45) is 11.8 Å². The molecule has 21 heavy (non-hydrogen) atoms. The Hall–Kier alpha value is -0.820. The lowest BCUT2D eigenvalue weighted by Gasteiger charge is -2.29. The van der Waals surface area contributed by atoms with E-state index in [4.69, 9.17) is 0 Å². The number of aryl methyl sites for hydroxylation is 1. The molecule has 0 spiro atoms. The van der Waals surface area contributed by atoms with Crippen molar-refractivity contribution in [3.63, 3.8) is 0 Å². The predicted molar refractivity (Wildman–Crippen MR) is 92.6 cm³/mol. The summed E-state index contributed by atoms with van der Waals surface area (Å²) in [4.78, 5) is 0. The Labute approximate surface area is 131 Å². The van der Waals surface area contributed by atoms with Crippen LogP contribution in [-0.2, 0) is 6.42 Å². The molecule has 1 heteroatoms. The minimum atomic E-state index is 0.528. The SMILES string of the molecule is CCc1ccc(C(CC)NCC2CCC(CC)CC2)cc1. The Morgan fingerprint density at radius 2 is 1.57 bits per heavy atom. The maximum Gasteiger partial charge on any atom is 0.0317 e. The highest BCUT2D eigenvalue weighted by Crippen LogP contribution is 2.30. The second-order valence-electron chi connectivity index (χ2n) is 6.76. The third-order valence-corrected chi connectivity index (χ3v) is 5.40. The van der Waals surface area contributed by atoms with Crippen molar-refractivity contribution in [1.29, 1.82) is 0 Å². The van der Waals surface area contributed by atoms with Gasteiger partial charge < -0.3 is 5.32 Å². The predicted octanol–water partition coefficient (Wildman–Crippen LogP) is 5.51. The Bertz CT molecular complexity index is 387. The number of nitrogens with one attached hydrogen (secondary N) is 1. The second-order valence-corrected chi connectivity index (χ2v) is 6.76. The quantitative estimate of drug-likeness (QED) is 0.697. The van der Waals surface area contributed by atoms with Gasteiger partial charge in [0.2, 0.25) is 0 Å². The Morgan fingerprint density at radius 3 is 2.10 bits per heavy atom. The number of benzene rings is 1. The molecular formula is C20H33N. The molecule has 1 saturated carbocycles. The molecule has 1 nitrogen and oxygen atoms in total. The summed E-state index contributed by atoms with van der Waals surface area (Å²) in [5, 5.41) is 3.83. The van der Waals surface area contributed by atoms with E-state index in [1.165, 1.54) is 56.2 Å². The zero-order chi connectivity index (χ0) is 15.1. The van der Waals surface area contributed by atoms with Gasteiger partial charge in [0.25, 0.3) is 0 Å². The summed E-state index contributed by atoms with van der Waals surface area (Å²) >= 11 is 0. The van der Waals surface area contributed by atoms with Gasteiger partial charge in [0, 0.05) is 6.04 Å². The van der Waals surface area contributed by atoms with E-state index in [-0.39, 0.29) is 0 Å². The first-order chi connectivity index (χ1) is 10.3. The first-order valence-electron chi connectivity index (χ1n) is 9.08. The van der Waals surface area contributed by atoms with Crippen LogP contribution in [0.5, 0.6) is 0 Å². The van der Waals surface area contributed by atoms with Gasteiger partial charge in [0.1, 0.15) is 0 Å². The van der Waals surface area contributed by atoms with Gasteiger partial charge >= 0.3 is 0 Å². The molecule has 1 aromatic rings. The van der Waals surface area contributed by atoms with Crippen LogP contribution < -0.4 is 5.32 Å². The summed E-state index contributed by atoms with van der Waals surface area (Å²) in [7, 11) is 0. The molecule has 1 aliphatic carbocycles. The smallest absolute Gasteiger partial charge is 0.0317 e. The summed E-state index contributed by atoms with van der Waals surface area (Å²) in [5.74, 6) is 1.90. The lowest BCUT2D eigenvalue weighted by atomic mass is 9.81. The fourth-order valence-electron chi connectivity index (χ4n) is 3.64. The molecule has 0 radical (unpaired) electrons. The average molecular weight is 287 g/mol. The third-order valence-electron chi connectivity index (χ3n) is 5.40.